The smallest absolute Gasteiger partial charge is 0.254 e. The van der Waals surface area contributed by atoms with Crippen molar-refractivity contribution < 1.29 is 14.3 Å². The van der Waals surface area contributed by atoms with Crippen molar-refractivity contribution in [3.8, 4) is 0 Å². The van der Waals surface area contributed by atoms with Crippen LogP contribution in [0.1, 0.15) is 16.8 Å². The van der Waals surface area contributed by atoms with Crippen molar-refractivity contribution in [1.29, 1.82) is 0 Å². The summed E-state index contributed by atoms with van der Waals surface area (Å²) in [5.41, 5.74) is 0.570. The van der Waals surface area contributed by atoms with Crippen molar-refractivity contribution in [2.45, 2.75) is 18.6 Å². The molecule has 6 heteroatoms. The van der Waals surface area contributed by atoms with Crippen LogP contribution in [0.25, 0.3) is 0 Å². The van der Waals surface area contributed by atoms with Crippen LogP contribution >= 0.6 is 11.6 Å². The molecule has 3 atom stereocenters. The van der Waals surface area contributed by atoms with Gasteiger partial charge in [0.1, 0.15) is 0 Å². The first-order chi connectivity index (χ1) is 10.1. The standard InChI is InChI=1S/C15H17ClN2O3/c1-17-14(19)12-6-11-7-18(8-13(12)21-11)15(20)9-3-2-4-10(16)5-9/h2-5,11-13H,6-8H2,1H3,(H,17,19). The molecular formula is C15H17ClN2O3. The zero-order valence-electron chi connectivity index (χ0n) is 11.7. The molecule has 0 radical (unpaired) electrons. The van der Waals surface area contributed by atoms with Gasteiger partial charge in [0.15, 0.2) is 0 Å². The molecule has 21 heavy (non-hydrogen) atoms. The number of morpholine rings is 1. The van der Waals surface area contributed by atoms with Crippen LogP contribution in [0.4, 0.5) is 0 Å². The summed E-state index contributed by atoms with van der Waals surface area (Å²) in [7, 11) is 1.62. The summed E-state index contributed by atoms with van der Waals surface area (Å²) < 4.78 is 5.79. The maximum atomic E-state index is 12.5. The molecule has 3 rings (SSSR count). The number of nitrogens with one attached hydrogen (secondary N) is 1. The van der Waals surface area contributed by atoms with Gasteiger partial charge in [0, 0.05) is 30.7 Å². The van der Waals surface area contributed by atoms with Crippen LogP contribution in [-0.4, -0.2) is 49.1 Å². The minimum Gasteiger partial charge on any atom is -0.370 e. The third-order valence-electron chi connectivity index (χ3n) is 4.10. The lowest BCUT2D eigenvalue weighted by Gasteiger charge is -2.32. The number of amides is 2. The average molecular weight is 309 g/mol. The van der Waals surface area contributed by atoms with Crippen molar-refractivity contribution in [3.05, 3.63) is 34.9 Å². The van der Waals surface area contributed by atoms with Crippen molar-refractivity contribution in [2.75, 3.05) is 20.1 Å². The number of rotatable bonds is 2. The van der Waals surface area contributed by atoms with Gasteiger partial charge in [-0.3, -0.25) is 9.59 Å². The molecule has 2 aliphatic heterocycles. The number of ether oxygens (including phenoxy) is 1. The maximum Gasteiger partial charge on any atom is 0.254 e. The summed E-state index contributed by atoms with van der Waals surface area (Å²) in [5, 5.41) is 3.20. The van der Waals surface area contributed by atoms with Crippen molar-refractivity contribution in [1.82, 2.24) is 10.2 Å². The number of fused-ring (bicyclic) bond motifs is 2. The van der Waals surface area contributed by atoms with Crippen LogP contribution in [0.5, 0.6) is 0 Å². The quantitative estimate of drug-likeness (QED) is 0.896. The second-order valence-corrected chi connectivity index (χ2v) is 5.91. The lowest BCUT2D eigenvalue weighted by molar-refractivity contribution is -0.127. The van der Waals surface area contributed by atoms with Gasteiger partial charge in [-0.1, -0.05) is 17.7 Å². The predicted octanol–water partition coefficient (Wildman–Crippen LogP) is 1.32. The summed E-state index contributed by atoms with van der Waals surface area (Å²) in [6, 6.07) is 6.92. The number of likely N-dealkylation sites (tertiary alicyclic amines) is 1. The van der Waals surface area contributed by atoms with E-state index in [1.165, 1.54) is 0 Å². The summed E-state index contributed by atoms with van der Waals surface area (Å²) in [6.07, 6.45) is 0.393. The van der Waals surface area contributed by atoms with Crippen molar-refractivity contribution in [2.24, 2.45) is 5.92 Å². The van der Waals surface area contributed by atoms with Crippen molar-refractivity contribution in [3.63, 3.8) is 0 Å². The molecular weight excluding hydrogens is 292 g/mol. The second kappa shape index (κ2) is 5.66. The zero-order valence-corrected chi connectivity index (χ0v) is 12.5. The molecule has 112 valence electrons. The number of hydrogen-bond acceptors (Lipinski definition) is 3. The molecule has 1 aromatic rings. The van der Waals surface area contributed by atoms with Crippen LogP contribution in [0, 0.1) is 5.92 Å². The van der Waals surface area contributed by atoms with E-state index >= 15 is 0 Å². The Morgan fingerprint density at radius 1 is 1.38 bits per heavy atom. The van der Waals surface area contributed by atoms with Gasteiger partial charge in [0.2, 0.25) is 5.91 Å². The van der Waals surface area contributed by atoms with Crippen molar-refractivity contribution >= 4 is 23.4 Å². The number of halogens is 1. The monoisotopic (exact) mass is 308 g/mol. The molecule has 2 amide bonds. The SMILES string of the molecule is CNC(=O)C1CC2CN(C(=O)c3cccc(Cl)c3)CC1O2. The molecule has 2 bridgehead atoms. The summed E-state index contributed by atoms with van der Waals surface area (Å²) in [6.45, 7) is 0.968. The van der Waals surface area contributed by atoms with Gasteiger partial charge in [-0.2, -0.15) is 0 Å². The number of carbonyl (C=O) groups excluding carboxylic acids is 2. The Labute approximate surface area is 128 Å². The molecule has 0 saturated carbocycles. The Kier molecular flexibility index (Phi) is 3.87. The summed E-state index contributed by atoms with van der Waals surface area (Å²) in [5.74, 6) is -0.245. The fourth-order valence-electron chi connectivity index (χ4n) is 3.09. The highest BCUT2D eigenvalue weighted by Gasteiger charge is 2.45. The largest absolute Gasteiger partial charge is 0.370 e. The first-order valence-electron chi connectivity index (χ1n) is 7.00. The lowest BCUT2D eigenvalue weighted by Crippen LogP contribution is -2.47. The van der Waals surface area contributed by atoms with Crippen LogP contribution in [0.2, 0.25) is 5.02 Å². The molecule has 3 unspecified atom stereocenters. The third-order valence-corrected chi connectivity index (χ3v) is 4.33. The van der Waals surface area contributed by atoms with Gasteiger partial charge in [-0.05, 0) is 24.6 Å². The first kappa shape index (κ1) is 14.4. The van der Waals surface area contributed by atoms with E-state index in [0.29, 0.717) is 30.1 Å². The number of benzene rings is 1. The molecule has 5 nitrogen and oxygen atoms in total. The van der Waals surface area contributed by atoms with Gasteiger partial charge in [0.05, 0.1) is 18.1 Å². The van der Waals surface area contributed by atoms with Gasteiger partial charge < -0.3 is 15.0 Å². The fraction of sp³-hybridized carbons (Fsp3) is 0.467. The third kappa shape index (κ3) is 2.76. The summed E-state index contributed by atoms with van der Waals surface area (Å²) >= 11 is 5.93. The van der Waals surface area contributed by atoms with Crippen LogP contribution in [0.3, 0.4) is 0 Å². The first-order valence-corrected chi connectivity index (χ1v) is 7.38. The predicted molar refractivity (Wildman–Crippen MR) is 78.2 cm³/mol. The number of carbonyl (C=O) groups is 2. The van der Waals surface area contributed by atoms with Crippen LogP contribution in [0.15, 0.2) is 24.3 Å². The molecule has 0 spiro atoms. The maximum absolute atomic E-state index is 12.5. The van der Waals surface area contributed by atoms with E-state index in [1.54, 1.807) is 36.2 Å². The highest BCUT2D eigenvalue weighted by atomic mass is 35.5. The Balaban J connectivity index is 1.74. The van der Waals surface area contributed by atoms with E-state index in [4.69, 9.17) is 16.3 Å². The van der Waals surface area contributed by atoms with E-state index in [1.807, 2.05) is 0 Å². The highest BCUT2D eigenvalue weighted by Crippen LogP contribution is 2.32. The van der Waals surface area contributed by atoms with E-state index < -0.39 is 0 Å². The number of hydrogen-bond donors (Lipinski definition) is 1. The Bertz CT molecular complexity index is 578. The molecule has 2 fully saturated rings. The van der Waals surface area contributed by atoms with Gasteiger partial charge >= 0.3 is 0 Å². The van der Waals surface area contributed by atoms with E-state index in [9.17, 15) is 9.59 Å². The molecule has 2 heterocycles. The summed E-state index contributed by atoms with van der Waals surface area (Å²) in [4.78, 5) is 26.1. The minimum atomic E-state index is -0.216. The Hall–Kier alpha value is -1.59. The fourth-order valence-corrected chi connectivity index (χ4v) is 3.28. The van der Waals surface area contributed by atoms with E-state index in [-0.39, 0.29) is 29.9 Å². The van der Waals surface area contributed by atoms with Crippen LogP contribution < -0.4 is 5.32 Å². The zero-order chi connectivity index (χ0) is 15.0. The lowest BCUT2D eigenvalue weighted by atomic mass is 10.00. The van der Waals surface area contributed by atoms with Gasteiger partial charge in [-0.15, -0.1) is 0 Å². The normalized spacial score (nSPS) is 27.5. The molecule has 0 aliphatic carbocycles. The number of nitrogens with zero attached hydrogens (tertiary/aromatic N) is 1. The average Bonchev–Trinajstić information content (AvgIpc) is 2.80. The minimum absolute atomic E-state index is 0.0143. The molecule has 1 N–H and O–H groups in total. The topological polar surface area (TPSA) is 58.6 Å². The van der Waals surface area contributed by atoms with E-state index in [0.717, 1.165) is 0 Å². The highest BCUT2D eigenvalue weighted by molar-refractivity contribution is 6.30. The molecule has 0 aromatic heterocycles. The van der Waals surface area contributed by atoms with Gasteiger partial charge in [-0.25, -0.2) is 0 Å². The molecule has 2 saturated heterocycles. The Morgan fingerprint density at radius 2 is 2.19 bits per heavy atom. The Morgan fingerprint density at radius 3 is 2.90 bits per heavy atom. The van der Waals surface area contributed by atoms with Gasteiger partial charge in [0.25, 0.3) is 5.91 Å². The van der Waals surface area contributed by atoms with E-state index in [2.05, 4.69) is 5.32 Å². The molecule has 1 aromatic carbocycles. The molecule has 2 aliphatic rings. The van der Waals surface area contributed by atoms with Crippen LogP contribution in [-0.2, 0) is 9.53 Å². The second-order valence-electron chi connectivity index (χ2n) is 5.47.